The number of nitrogens with zero attached hydrogens (tertiary/aromatic N) is 1. The van der Waals surface area contributed by atoms with E-state index < -0.39 is 29.9 Å². The number of carbonyl (C=O) groups excluding carboxylic acids is 1. The molecule has 4 nitrogen and oxygen atoms in total. The number of hydrogen-bond donors (Lipinski definition) is 1. The fourth-order valence-corrected chi connectivity index (χ4v) is 2.38. The van der Waals surface area contributed by atoms with Gasteiger partial charge in [0.15, 0.2) is 0 Å². The Bertz CT molecular complexity index is 510. The summed E-state index contributed by atoms with van der Waals surface area (Å²) >= 11 is 0. The van der Waals surface area contributed by atoms with E-state index in [2.05, 4.69) is 0 Å². The van der Waals surface area contributed by atoms with Gasteiger partial charge < -0.3 is 15.0 Å². The number of alkyl halides is 3. The molecule has 21 heavy (non-hydrogen) atoms. The third-order valence-corrected chi connectivity index (χ3v) is 3.29. The Morgan fingerprint density at radius 1 is 1.43 bits per heavy atom. The minimum absolute atomic E-state index is 0. The van der Waals surface area contributed by atoms with Crippen molar-refractivity contribution in [2.24, 2.45) is 0 Å². The van der Waals surface area contributed by atoms with E-state index in [1.54, 1.807) is 0 Å². The molecule has 1 fully saturated rings. The van der Waals surface area contributed by atoms with Crippen molar-refractivity contribution in [2.45, 2.75) is 31.3 Å². The van der Waals surface area contributed by atoms with Crippen LogP contribution in [0.4, 0.5) is 13.2 Å². The topological polar surface area (TPSA) is 63.6 Å². The van der Waals surface area contributed by atoms with Crippen molar-refractivity contribution < 1.29 is 47.0 Å². The van der Waals surface area contributed by atoms with E-state index in [9.17, 15) is 28.2 Å². The Kier molecular flexibility index (Phi) is 5.88. The summed E-state index contributed by atoms with van der Waals surface area (Å²) in [6, 6.07) is 3.74. The number of benzene rings is 1. The predicted molar refractivity (Wildman–Crippen MR) is 61.3 cm³/mol. The van der Waals surface area contributed by atoms with Crippen LogP contribution in [0.15, 0.2) is 24.3 Å². The van der Waals surface area contributed by atoms with E-state index >= 15 is 0 Å². The zero-order valence-electron chi connectivity index (χ0n) is 11.4. The van der Waals surface area contributed by atoms with Gasteiger partial charge in [-0.1, -0.05) is 18.2 Å². The van der Waals surface area contributed by atoms with E-state index in [0.717, 1.165) is 12.1 Å². The molecule has 110 valence electrons. The average Bonchev–Trinajstić information content (AvgIpc) is 2.69. The summed E-state index contributed by atoms with van der Waals surface area (Å²) in [4.78, 5) is 12.3. The summed E-state index contributed by atoms with van der Waals surface area (Å²) in [6.45, 7) is 0.133. The van der Waals surface area contributed by atoms with Gasteiger partial charge in [0.25, 0.3) is 0 Å². The minimum atomic E-state index is -4.44. The molecule has 0 aromatic heterocycles. The van der Waals surface area contributed by atoms with Crippen molar-refractivity contribution in [3.63, 3.8) is 0 Å². The molecular formula is C13H13F3LiNO3. The van der Waals surface area contributed by atoms with Crippen LogP contribution in [0, 0.1) is 0 Å². The van der Waals surface area contributed by atoms with Crippen LogP contribution in [0.1, 0.15) is 17.5 Å². The Morgan fingerprint density at radius 2 is 2.10 bits per heavy atom. The van der Waals surface area contributed by atoms with Crippen molar-refractivity contribution in [3.8, 4) is 0 Å². The van der Waals surface area contributed by atoms with E-state index in [4.69, 9.17) is 0 Å². The molecule has 0 unspecified atom stereocenters. The maximum atomic E-state index is 12.6. The van der Waals surface area contributed by atoms with Crippen molar-refractivity contribution in [1.29, 1.82) is 0 Å². The van der Waals surface area contributed by atoms with Crippen molar-refractivity contribution in [3.05, 3.63) is 35.4 Å². The largest absolute Gasteiger partial charge is 1.00 e. The summed E-state index contributed by atoms with van der Waals surface area (Å²) < 4.78 is 37.8. The number of likely N-dealkylation sites (tertiary alicyclic amines) is 1. The summed E-state index contributed by atoms with van der Waals surface area (Å²) in [6.07, 6.45) is -5.21. The summed E-state index contributed by atoms with van der Waals surface area (Å²) in [7, 11) is 0. The van der Waals surface area contributed by atoms with Crippen LogP contribution in [-0.4, -0.2) is 34.7 Å². The fraction of sp³-hybridized carbons (Fsp3) is 0.462. The zero-order valence-corrected chi connectivity index (χ0v) is 11.4. The Labute approximate surface area is 131 Å². The van der Waals surface area contributed by atoms with Gasteiger partial charge >= 0.3 is 25.0 Å². The van der Waals surface area contributed by atoms with Gasteiger partial charge in [-0.15, -0.1) is 0 Å². The number of carboxylic acid groups (broad SMARTS) is 1. The fourth-order valence-electron chi connectivity index (χ4n) is 2.38. The number of aliphatic carboxylic acids is 1. The number of aliphatic hydroxyl groups is 1. The molecule has 1 N–H and O–H groups in total. The maximum Gasteiger partial charge on any atom is 1.00 e. The minimum Gasteiger partial charge on any atom is -0.548 e. The molecule has 1 aromatic rings. The number of β-amino-alcohol motifs (C(OH)–C–C–N with tert-alkyl or cyclic N) is 1. The monoisotopic (exact) mass is 295 g/mol. The van der Waals surface area contributed by atoms with E-state index in [0.29, 0.717) is 5.56 Å². The van der Waals surface area contributed by atoms with E-state index in [1.807, 2.05) is 0 Å². The Morgan fingerprint density at radius 3 is 2.67 bits per heavy atom. The third kappa shape index (κ3) is 4.48. The molecule has 0 aliphatic carbocycles. The molecule has 0 radical (unpaired) electrons. The van der Waals surface area contributed by atoms with Crippen LogP contribution in [0.3, 0.4) is 0 Å². The maximum absolute atomic E-state index is 12.6. The molecule has 8 heteroatoms. The molecule has 1 aliphatic rings. The average molecular weight is 295 g/mol. The first-order valence-electron chi connectivity index (χ1n) is 6.06. The molecule has 0 bridgehead atoms. The van der Waals surface area contributed by atoms with Gasteiger partial charge in [-0.2, -0.15) is 13.2 Å². The van der Waals surface area contributed by atoms with Gasteiger partial charge in [0.05, 0.1) is 23.7 Å². The number of rotatable bonds is 3. The molecule has 1 saturated heterocycles. The predicted octanol–water partition coefficient (Wildman–Crippen LogP) is -2.61. The van der Waals surface area contributed by atoms with Crippen LogP contribution < -0.4 is 24.0 Å². The Hall–Kier alpha value is -1.00. The molecule has 2 rings (SSSR count). The number of carbonyl (C=O) groups is 1. The quantitative estimate of drug-likeness (QED) is 0.621. The second-order valence-corrected chi connectivity index (χ2v) is 4.85. The van der Waals surface area contributed by atoms with Crippen LogP contribution in [0.2, 0.25) is 0 Å². The van der Waals surface area contributed by atoms with Gasteiger partial charge in [-0.05, 0) is 18.1 Å². The van der Waals surface area contributed by atoms with Crippen molar-refractivity contribution in [1.82, 2.24) is 4.90 Å². The van der Waals surface area contributed by atoms with Gasteiger partial charge in [0.1, 0.15) is 0 Å². The van der Waals surface area contributed by atoms with Crippen molar-refractivity contribution in [2.75, 3.05) is 6.54 Å². The van der Waals surface area contributed by atoms with E-state index in [-0.39, 0.29) is 38.4 Å². The van der Waals surface area contributed by atoms with Gasteiger partial charge in [-0.25, -0.2) is 0 Å². The summed E-state index contributed by atoms with van der Waals surface area (Å²) in [5.74, 6) is -1.33. The molecule has 0 spiro atoms. The van der Waals surface area contributed by atoms with Gasteiger partial charge in [-0.3, -0.25) is 4.90 Å². The molecule has 1 heterocycles. The molecule has 0 saturated carbocycles. The second kappa shape index (κ2) is 6.84. The molecular weight excluding hydrogens is 282 g/mol. The summed E-state index contributed by atoms with van der Waals surface area (Å²) in [5, 5.41) is 20.4. The SMILES string of the molecule is O=C([O-])[C@H]1C[C@@H](O)CN1Cc1cccc(C(F)(F)F)c1.[Li+]. The molecule has 1 aromatic carbocycles. The number of hydrogen-bond acceptors (Lipinski definition) is 4. The first-order valence-corrected chi connectivity index (χ1v) is 6.06. The van der Waals surface area contributed by atoms with Crippen molar-refractivity contribution >= 4 is 5.97 Å². The van der Waals surface area contributed by atoms with E-state index in [1.165, 1.54) is 17.0 Å². The second-order valence-electron chi connectivity index (χ2n) is 4.85. The van der Waals surface area contributed by atoms with Crippen LogP contribution in [-0.2, 0) is 17.5 Å². The molecule has 2 atom stereocenters. The first kappa shape index (κ1) is 18.0. The standard InChI is InChI=1S/C13H14F3NO3.Li/c14-13(15,16)9-3-1-2-8(4-9)6-17-7-10(18)5-11(17)12(19)20;/h1-4,10-11,18H,5-7H2,(H,19,20);/q;+1/p-1/t10-,11-;/m1./s1. The number of aliphatic hydroxyl groups excluding tert-OH is 1. The van der Waals surface area contributed by atoms with Crippen LogP contribution in [0.25, 0.3) is 0 Å². The van der Waals surface area contributed by atoms with Gasteiger partial charge in [0.2, 0.25) is 0 Å². The number of carboxylic acids is 1. The summed E-state index contributed by atoms with van der Waals surface area (Å²) in [5.41, 5.74) is -0.431. The normalized spacial score (nSPS) is 22.9. The zero-order chi connectivity index (χ0) is 14.9. The Balaban J connectivity index is 0.00000220. The smallest absolute Gasteiger partial charge is 0.548 e. The molecule has 0 amide bonds. The van der Waals surface area contributed by atoms with Crippen LogP contribution >= 0.6 is 0 Å². The van der Waals surface area contributed by atoms with Gasteiger partial charge in [0, 0.05) is 13.1 Å². The van der Waals surface area contributed by atoms with Crippen LogP contribution in [0.5, 0.6) is 0 Å². The number of halogens is 3. The first-order chi connectivity index (χ1) is 9.27. The molecule has 1 aliphatic heterocycles. The third-order valence-electron chi connectivity index (χ3n) is 3.29.